The first kappa shape index (κ1) is 10.6. The predicted octanol–water partition coefficient (Wildman–Crippen LogP) is 3.26. The van der Waals surface area contributed by atoms with Crippen molar-refractivity contribution in [3.05, 3.63) is 35.6 Å². The Labute approximate surface area is 90.5 Å². The van der Waals surface area contributed by atoms with Crippen LogP contribution in [0, 0.1) is 17.7 Å². The van der Waals surface area contributed by atoms with Crippen molar-refractivity contribution in [1.29, 1.82) is 0 Å². The van der Waals surface area contributed by atoms with Gasteiger partial charge in [-0.15, -0.1) is 0 Å². The minimum Gasteiger partial charge on any atom is -0.324 e. The van der Waals surface area contributed by atoms with Crippen molar-refractivity contribution >= 4 is 0 Å². The van der Waals surface area contributed by atoms with Crippen molar-refractivity contribution < 1.29 is 4.39 Å². The SMILES string of the molecule is CC1CCC(C(N)c2ccccc2F)C1. The van der Waals surface area contributed by atoms with E-state index in [9.17, 15) is 4.39 Å². The molecule has 2 N–H and O–H groups in total. The lowest BCUT2D eigenvalue weighted by Crippen LogP contribution is -2.20. The lowest BCUT2D eigenvalue weighted by atomic mass is 9.91. The molecule has 0 aliphatic heterocycles. The zero-order chi connectivity index (χ0) is 10.8. The van der Waals surface area contributed by atoms with E-state index in [1.54, 1.807) is 6.07 Å². The quantitative estimate of drug-likeness (QED) is 0.791. The van der Waals surface area contributed by atoms with Crippen LogP contribution in [0.2, 0.25) is 0 Å². The minimum absolute atomic E-state index is 0.129. The van der Waals surface area contributed by atoms with Crippen LogP contribution in [-0.2, 0) is 0 Å². The maximum absolute atomic E-state index is 13.5. The highest BCUT2D eigenvalue weighted by molar-refractivity contribution is 5.21. The fourth-order valence-corrected chi connectivity index (χ4v) is 2.58. The Morgan fingerprint density at radius 3 is 2.67 bits per heavy atom. The van der Waals surface area contributed by atoms with Crippen molar-refractivity contribution in [2.45, 2.75) is 32.2 Å². The fourth-order valence-electron chi connectivity index (χ4n) is 2.58. The van der Waals surface area contributed by atoms with Gasteiger partial charge in [-0.2, -0.15) is 0 Å². The highest BCUT2D eigenvalue weighted by Gasteiger charge is 2.28. The molecule has 0 spiro atoms. The molecule has 1 nitrogen and oxygen atoms in total. The van der Waals surface area contributed by atoms with Crippen LogP contribution in [0.5, 0.6) is 0 Å². The van der Waals surface area contributed by atoms with Gasteiger partial charge in [0.1, 0.15) is 5.82 Å². The molecule has 82 valence electrons. The van der Waals surface area contributed by atoms with E-state index in [0.717, 1.165) is 18.8 Å². The zero-order valence-corrected chi connectivity index (χ0v) is 9.12. The third-order valence-corrected chi connectivity index (χ3v) is 3.51. The Bertz CT molecular complexity index is 337. The Kier molecular flexibility index (Phi) is 3.06. The summed E-state index contributed by atoms with van der Waals surface area (Å²) in [5.41, 5.74) is 6.80. The second-order valence-corrected chi connectivity index (χ2v) is 4.73. The molecule has 0 radical (unpaired) electrons. The van der Waals surface area contributed by atoms with E-state index in [-0.39, 0.29) is 11.9 Å². The van der Waals surface area contributed by atoms with Gasteiger partial charge in [0.25, 0.3) is 0 Å². The van der Waals surface area contributed by atoms with E-state index in [2.05, 4.69) is 6.92 Å². The van der Waals surface area contributed by atoms with E-state index >= 15 is 0 Å². The first-order valence-corrected chi connectivity index (χ1v) is 5.68. The second kappa shape index (κ2) is 4.31. The average Bonchev–Trinajstić information content (AvgIpc) is 2.65. The van der Waals surface area contributed by atoms with Gasteiger partial charge in [-0.25, -0.2) is 4.39 Å². The number of hydrogen-bond donors (Lipinski definition) is 1. The molecule has 15 heavy (non-hydrogen) atoms. The van der Waals surface area contributed by atoms with Crippen LogP contribution in [0.3, 0.4) is 0 Å². The molecule has 1 aromatic carbocycles. The molecule has 3 unspecified atom stereocenters. The van der Waals surface area contributed by atoms with Crippen LogP contribution in [-0.4, -0.2) is 0 Å². The number of halogens is 1. The summed E-state index contributed by atoms with van der Waals surface area (Å²) in [6.45, 7) is 2.24. The fraction of sp³-hybridized carbons (Fsp3) is 0.538. The number of benzene rings is 1. The standard InChI is InChI=1S/C13H18FN/c1-9-6-7-10(8-9)13(15)11-4-2-3-5-12(11)14/h2-5,9-10,13H,6-8,15H2,1H3. The first-order valence-electron chi connectivity index (χ1n) is 5.68. The predicted molar refractivity (Wildman–Crippen MR) is 59.8 cm³/mol. The van der Waals surface area contributed by atoms with E-state index in [4.69, 9.17) is 5.73 Å². The van der Waals surface area contributed by atoms with Gasteiger partial charge in [0.2, 0.25) is 0 Å². The first-order chi connectivity index (χ1) is 7.18. The molecule has 1 aromatic rings. The van der Waals surface area contributed by atoms with Crippen molar-refractivity contribution in [2.75, 3.05) is 0 Å². The largest absolute Gasteiger partial charge is 0.324 e. The monoisotopic (exact) mass is 207 g/mol. The molecule has 0 amide bonds. The van der Waals surface area contributed by atoms with Crippen LogP contribution in [0.4, 0.5) is 4.39 Å². The number of nitrogens with two attached hydrogens (primary N) is 1. The molecule has 2 heteroatoms. The summed E-state index contributed by atoms with van der Waals surface area (Å²) < 4.78 is 13.5. The molecule has 0 bridgehead atoms. The maximum atomic E-state index is 13.5. The molecule has 1 saturated carbocycles. The molecule has 1 aliphatic carbocycles. The van der Waals surface area contributed by atoms with E-state index in [0.29, 0.717) is 11.5 Å². The van der Waals surface area contributed by atoms with Crippen molar-refractivity contribution in [3.63, 3.8) is 0 Å². The third kappa shape index (κ3) is 2.20. The molecule has 3 atom stereocenters. The van der Waals surface area contributed by atoms with Gasteiger partial charge in [-0.3, -0.25) is 0 Å². The minimum atomic E-state index is -0.162. The normalized spacial score (nSPS) is 27.9. The highest BCUT2D eigenvalue weighted by Crippen LogP contribution is 2.38. The van der Waals surface area contributed by atoms with E-state index in [1.165, 1.54) is 12.5 Å². The van der Waals surface area contributed by atoms with Gasteiger partial charge in [0.05, 0.1) is 0 Å². The molecule has 0 saturated heterocycles. The number of hydrogen-bond acceptors (Lipinski definition) is 1. The topological polar surface area (TPSA) is 26.0 Å². The van der Waals surface area contributed by atoms with Crippen LogP contribution in [0.1, 0.15) is 37.8 Å². The highest BCUT2D eigenvalue weighted by atomic mass is 19.1. The van der Waals surface area contributed by atoms with Gasteiger partial charge in [0.15, 0.2) is 0 Å². The lowest BCUT2D eigenvalue weighted by Gasteiger charge is -2.19. The Morgan fingerprint density at radius 1 is 1.33 bits per heavy atom. The summed E-state index contributed by atoms with van der Waals surface area (Å²) in [7, 11) is 0. The summed E-state index contributed by atoms with van der Waals surface area (Å²) in [5, 5.41) is 0. The van der Waals surface area contributed by atoms with E-state index in [1.807, 2.05) is 12.1 Å². The molecule has 0 aromatic heterocycles. The van der Waals surface area contributed by atoms with Gasteiger partial charge >= 0.3 is 0 Å². The lowest BCUT2D eigenvalue weighted by molar-refractivity contribution is 0.415. The molecule has 1 aliphatic rings. The maximum Gasteiger partial charge on any atom is 0.127 e. The van der Waals surface area contributed by atoms with Crippen molar-refractivity contribution in [2.24, 2.45) is 17.6 Å². The van der Waals surface area contributed by atoms with Crippen molar-refractivity contribution in [1.82, 2.24) is 0 Å². The van der Waals surface area contributed by atoms with Gasteiger partial charge in [0, 0.05) is 11.6 Å². The van der Waals surface area contributed by atoms with Crippen LogP contribution >= 0.6 is 0 Å². The van der Waals surface area contributed by atoms with Crippen LogP contribution in [0.15, 0.2) is 24.3 Å². The second-order valence-electron chi connectivity index (χ2n) is 4.73. The molecule has 1 fully saturated rings. The summed E-state index contributed by atoms with van der Waals surface area (Å²) in [5.74, 6) is 1.04. The zero-order valence-electron chi connectivity index (χ0n) is 9.12. The van der Waals surface area contributed by atoms with Crippen molar-refractivity contribution in [3.8, 4) is 0 Å². The summed E-state index contributed by atoms with van der Waals surface area (Å²) >= 11 is 0. The summed E-state index contributed by atoms with van der Waals surface area (Å²) in [6.07, 6.45) is 3.50. The Balaban J connectivity index is 2.14. The van der Waals surface area contributed by atoms with Crippen LogP contribution in [0.25, 0.3) is 0 Å². The average molecular weight is 207 g/mol. The van der Waals surface area contributed by atoms with Gasteiger partial charge < -0.3 is 5.73 Å². The Hall–Kier alpha value is -0.890. The van der Waals surface area contributed by atoms with Gasteiger partial charge in [-0.05, 0) is 30.7 Å². The summed E-state index contributed by atoms with van der Waals surface area (Å²) in [4.78, 5) is 0. The third-order valence-electron chi connectivity index (χ3n) is 3.51. The smallest absolute Gasteiger partial charge is 0.127 e. The molecule has 2 rings (SSSR count). The van der Waals surface area contributed by atoms with Crippen LogP contribution < -0.4 is 5.73 Å². The summed E-state index contributed by atoms with van der Waals surface area (Å²) in [6, 6.07) is 6.74. The van der Waals surface area contributed by atoms with E-state index < -0.39 is 0 Å². The number of rotatable bonds is 2. The van der Waals surface area contributed by atoms with Gasteiger partial charge in [-0.1, -0.05) is 31.5 Å². The molecular weight excluding hydrogens is 189 g/mol. The molecule has 0 heterocycles. The molecular formula is C13H18FN. The Morgan fingerprint density at radius 2 is 2.07 bits per heavy atom.